The van der Waals surface area contributed by atoms with Gasteiger partial charge in [-0.2, -0.15) is 0 Å². The molecule has 0 saturated carbocycles. The van der Waals surface area contributed by atoms with Gasteiger partial charge in [0.1, 0.15) is 12.8 Å². The molecule has 10 heteroatoms. The number of hydrogen-bond acceptors (Lipinski definition) is 7. The lowest BCUT2D eigenvalue weighted by molar-refractivity contribution is 0.0326. The molecule has 0 saturated heterocycles. The number of nitrogens with zero attached hydrogens (tertiary/aromatic N) is 3. The molecule has 3 heterocycles. The summed E-state index contributed by atoms with van der Waals surface area (Å²) < 4.78 is 12.0. The minimum atomic E-state index is -0.916. The van der Waals surface area contributed by atoms with Crippen molar-refractivity contribution in [1.82, 2.24) is 4.90 Å². The van der Waals surface area contributed by atoms with E-state index in [1.54, 1.807) is 36.1 Å². The van der Waals surface area contributed by atoms with Gasteiger partial charge in [0.05, 0.1) is 30.1 Å². The van der Waals surface area contributed by atoms with Crippen molar-refractivity contribution in [2.75, 3.05) is 48.2 Å². The molecule has 0 aliphatic carbocycles. The molecule has 3 atom stereocenters. The third-order valence-corrected chi connectivity index (χ3v) is 11.1. The molecule has 3 aliphatic heterocycles. The van der Waals surface area contributed by atoms with Crippen molar-refractivity contribution in [3.63, 3.8) is 0 Å². The van der Waals surface area contributed by atoms with Crippen molar-refractivity contribution in [3.8, 4) is 11.5 Å². The van der Waals surface area contributed by atoms with Crippen molar-refractivity contribution in [3.05, 3.63) is 124 Å². The minimum absolute atomic E-state index is 0.0257. The van der Waals surface area contributed by atoms with E-state index in [4.69, 9.17) is 21.1 Å². The summed E-state index contributed by atoms with van der Waals surface area (Å²) in [5.41, 5.74) is 7.66. The molecule has 8 rings (SSSR count). The molecule has 2 N–H and O–H groups in total. The Balaban J connectivity index is 1.02. The lowest BCUT2D eigenvalue weighted by Gasteiger charge is -2.39. The average molecular weight is 717 g/mol. The van der Waals surface area contributed by atoms with E-state index in [1.807, 2.05) is 59.5 Å². The molecule has 3 aliphatic rings. The van der Waals surface area contributed by atoms with Crippen molar-refractivity contribution in [1.29, 1.82) is 0 Å². The smallest absolute Gasteiger partial charge is 0.258 e. The zero-order valence-corrected chi connectivity index (χ0v) is 30.2. The predicted octanol–water partition coefficient (Wildman–Crippen LogP) is 7.18. The second kappa shape index (κ2) is 13.7. The first-order valence-electron chi connectivity index (χ1n) is 17.7. The number of fused-ring (bicyclic) bond motifs is 6. The number of alkyl halides is 1. The monoisotopic (exact) mass is 716 g/mol. The number of carbonyl (C=O) groups is 2. The number of methoxy groups -OCH3 is 1. The SMILES string of the molecule is CCNc1cc2c(c3ccccc13)[C@H](CCl)CN2C(=O)c1ccc(COc2cc3c(cc2OC)C(=O)N2Cc4ccccc4C[C@H]2C(O)N3C)cc1. The Labute approximate surface area is 308 Å². The van der Waals surface area contributed by atoms with Gasteiger partial charge in [-0.05, 0) is 65.3 Å². The zero-order chi connectivity index (χ0) is 36.1. The Kier molecular flexibility index (Phi) is 8.93. The highest BCUT2D eigenvalue weighted by Gasteiger charge is 2.41. The fourth-order valence-corrected chi connectivity index (χ4v) is 8.29. The Hall–Kier alpha value is -5.25. The van der Waals surface area contributed by atoms with Crippen LogP contribution >= 0.6 is 11.6 Å². The molecule has 5 aromatic carbocycles. The standard InChI is InChI=1S/C42H41ClN4O5/c1-4-44-33-19-35-39(31-12-8-7-11-30(31)33)29(21-43)23-46(35)40(48)26-15-13-25(14-16-26)24-52-38-20-34-32(18-37(38)51-3)41(49)47-22-28-10-6-5-9-27(28)17-36(47)42(50)45(34)2/h5-16,18-20,29,36,42,44,50H,4,17,21-24H2,1-3H3/t29-,36+,42?/m1/s1. The minimum Gasteiger partial charge on any atom is -0.493 e. The molecule has 5 aromatic rings. The van der Waals surface area contributed by atoms with Crippen LogP contribution in [0.3, 0.4) is 0 Å². The summed E-state index contributed by atoms with van der Waals surface area (Å²) in [7, 11) is 3.34. The number of aliphatic hydroxyl groups is 1. The summed E-state index contributed by atoms with van der Waals surface area (Å²) in [5, 5.41) is 17.2. The van der Waals surface area contributed by atoms with Gasteiger partial charge < -0.3 is 34.6 Å². The van der Waals surface area contributed by atoms with Crippen LogP contribution in [-0.4, -0.2) is 67.2 Å². The van der Waals surface area contributed by atoms with E-state index in [0.29, 0.717) is 53.7 Å². The number of anilines is 3. The number of rotatable bonds is 8. The highest BCUT2D eigenvalue weighted by atomic mass is 35.5. The molecule has 0 bridgehead atoms. The fourth-order valence-electron chi connectivity index (χ4n) is 8.04. The number of carbonyl (C=O) groups excluding carboxylic acids is 2. The third-order valence-electron chi connectivity index (χ3n) is 10.7. The van der Waals surface area contributed by atoms with Gasteiger partial charge in [-0.3, -0.25) is 9.59 Å². The van der Waals surface area contributed by atoms with Gasteiger partial charge >= 0.3 is 0 Å². The molecule has 0 radical (unpaired) electrons. The number of halogens is 1. The molecular weight excluding hydrogens is 676 g/mol. The van der Waals surface area contributed by atoms with E-state index in [0.717, 1.165) is 50.9 Å². The van der Waals surface area contributed by atoms with Gasteiger partial charge in [-0.1, -0.05) is 60.7 Å². The zero-order valence-electron chi connectivity index (χ0n) is 29.4. The molecule has 1 unspecified atom stereocenters. The molecular formula is C42H41ClN4O5. The summed E-state index contributed by atoms with van der Waals surface area (Å²) in [6, 6.07) is 28.9. The summed E-state index contributed by atoms with van der Waals surface area (Å²) >= 11 is 6.49. The van der Waals surface area contributed by atoms with Gasteiger partial charge in [0.2, 0.25) is 0 Å². The topological polar surface area (TPSA) is 94.6 Å². The van der Waals surface area contributed by atoms with Gasteiger partial charge in [-0.15, -0.1) is 11.6 Å². The van der Waals surface area contributed by atoms with Crippen LogP contribution in [0.5, 0.6) is 11.5 Å². The Morgan fingerprint density at radius 2 is 1.67 bits per heavy atom. The molecule has 0 aromatic heterocycles. The number of aliphatic hydroxyl groups excluding tert-OH is 1. The Bertz CT molecular complexity index is 2190. The summed E-state index contributed by atoms with van der Waals surface area (Å²) in [4.78, 5) is 33.3. The van der Waals surface area contributed by atoms with Crippen LogP contribution in [0.15, 0.2) is 91.0 Å². The van der Waals surface area contributed by atoms with E-state index < -0.39 is 12.3 Å². The van der Waals surface area contributed by atoms with Crippen molar-refractivity contribution in [2.24, 2.45) is 0 Å². The normalized spacial score (nSPS) is 19.1. The van der Waals surface area contributed by atoms with Gasteiger partial charge in [0, 0.05) is 61.2 Å². The predicted molar refractivity (Wildman–Crippen MR) is 205 cm³/mol. The van der Waals surface area contributed by atoms with Crippen molar-refractivity contribution in [2.45, 2.75) is 44.7 Å². The maximum atomic E-state index is 14.0. The molecule has 0 spiro atoms. The largest absolute Gasteiger partial charge is 0.493 e. The summed E-state index contributed by atoms with van der Waals surface area (Å²) in [5.74, 6) is 1.06. The van der Waals surface area contributed by atoms with Crippen LogP contribution in [0.25, 0.3) is 10.8 Å². The Morgan fingerprint density at radius 1 is 0.942 bits per heavy atom. The van der Waals surface area contributed by atoms with Crippen LogP contribution in [0, 0.1) is 0 Å². The average Bonchev–Trinajstić information content (AvgIpc) is 3.54. The van der Waals surface area contributed by atoms with E-state index in [2.05, 4.69) is 36.5 Å². The van der Waals surface area contributed by atoms with Crippen molar-refractivity contribution < 1.29 is 24.2 Å². The van der Waals surface area contributed by atoms with E-state index in [9.17, 15) is 14.7 Å². The molecule has 266 valence electrons. The van der Waals surface area contributed by atoms with Gasteiger partial charge in [0.15, 0.2) is 11.5 Å². The Morgan fingerprint density at radius 3 is 2.40 bits per heavy atom. The number of likely N-dealkylation sites (N-methyl/N-ethyl adjacent to an activating group) is 1. The van der Waals surface area contributed by atoms with Crippen LogP contribution in [0.1, 0.15) is 55.8 Å². The fraction of sp³-hybridized carbons (Fsp3) is 0.286. The number of amides is 2. The van der Waals surface area contributed by atoms with Crippen LogP contribution < -0.4 is 24.6 Å². The van der Waals surface area contributed by atoms with Gasteiger partial charge in [0.25, 0.3) is 11.8 Å². The highest BCUT2D eigenvalue weighted by Crippen LogP contribution is 2.46. The van der Waals surface area contributed by atoms with Crippen LogP contribution in [0.4, 0.5) is 17.1 Å². The quantitative estimate of drug-likeness (QED) is 0.164. The van der Waals surface area contributed by atoms with E-state index >= 15 is 0 Å². The first-order chi connectivity index (χ1) is 25.3. The summed E-state index contributed by atoms with van der Waals surface area (Å²) in [6.07, 6.45) is -0.355. The second-order valence-electron chi connectivity index (χ2n) is 13.7. The molecule has 0 fully saturated rings. The second-order valence-corrected chi connectivity index (χ2v) is 14.0. The molecule has 52 heavy (non-hydrogen) atoms. The van der Waals surface area contributed by atoms with E-state index in [-0.39, 0.29) is 24.3 Å². The van der Waals surface area contributed by atoms with Crippen molar-refractivity contribution >= 4 is 51.2 Å². The molecule has 9 nitrogen and oxygen atoms in total. The van der Waals surface area contributed by atoms with Gasteiger partial charge in [-0.25, -0.2) is 0 Å². The maximum Gasteiger partial charge on any atom is 0.258 e. The first-order valence-corrected chi connectivity index (χ1v) is 18.2. The number of hydrogen-bond donors (Lipinski definition) is 2. The third kappa shape index (κ3) is 5.68. The number of benzene rings is 5. The lowest BCUT2D eigenvalue weighted by Crippen LogP contribution is -2.53. The lowest BCUT2D eigenvalue weighted by atomic mass is 9.93. The molecule has 2 amide bonds. The highest BCUT2D eigenvalue weighted by molar-refractivity contribution is 6.19. The number of nitrogens with one attached hydrogen (secondary N) is 1. The van der Waals surface area contributed by atoms with E-state index in [1.165, 1.54) is 0 Å². The number of ether oxygens (including phenoxy) is 2. The maximum absolute atomic E-state index is 14.0. The van der Waals surface area contributed by atoms with Crippen LogP contribution in [-0.2, 0) is 19.6 Å². The van der Waals surface area contributed by atoms with Crippen LogP contribution in [0.2, 0.25) is 0 Å². The summed E-state index contributed by atoms with van der Waals surface area (Å²) in [6.45, 7) is 3.97. The first kappa shape index (κ1) is 33.9.